The molecule has 2 rings (SSSR count). The molecule has 1 aromatic rings. The van der Waals surface area contributed by atoms with Gasteiger partial charge in [0.05, 0.1) is 6.61 Å². The van der Waals surface area contributed by atoms with Crippen molar-refractivity contribution < 1.29 is 20.1 Å². The van der Waals surface area contributed by atoms with Crippen molar-refractivity contribution in [2.24, 2.45) is 0 Å². The molecule has 0 spiro atoms. The third kappa shape index (κ3) is 2.81. The maximum atomic E-state index is 9.77. The van der Waals surface area contributed by atoms with Crippen LogP contribution in [0.1, 0.15) is 5.56 Å². The second-order valence-electron chi connectivity index (χ2n) is 4.14. The van der Waals surface area contributed by atoms with Gasteiger partial charge in [0, 0.05) is 4.90 Å². The van der Waals surface area contributed by atoms with Crippen molar-refractivity contribution in [3.8, 4) is 0 Å². The zero-order chi connectivity index (χ0) is 12.4. The van der Waals surface area contributed by atoms with E-state index in [1.807, 2.05) is 31.2 Å². The van der Waals surface area contributed by atoms with Crippen LogP contribution in [0.15, 0.2) is 29.2 Å². The lowest BCUT2D eigenvalue weighted by atomic mass is 10.2. The number of aliphatic hydroxyl groups excluding tert-OH is 3. The van der Waals surface area contributed by atoms with E-state index in [1.165, 1.54) is 11.8 Å². The second kappa shape index (κ2) is 5.37. The number of rotatable bonds is 3. The zero-order valence-electron chi connectivity index (χ0n) is 9.48. The first-order valence-electron chi connectivity index (χ1n) is 5.47. The minimum atomic E-state index is -1.03. The van der Waals surface area contributed by atoms with E-state index in [4.69, 9.17) is 9.84 Å². The van der Waals surface area contributed by atoms with Crippen LogP contribution >= 0.6 is 11.8 Å². The summed E-state index contributed by atoms with van der Waals surface area (Å²) in [4.78, 5) is 0.963. The number of aliphatic hydroxyl groups is 3. The van der Waals surface area contributed by atoms with Crippen LogP contribution in [0.25, 0.3) is 0 Å². The summed E-state index contributed by atoms with van der Waals surface area (Å²) in [6.45, 7) is 1.71. The summed E-state index contributed by atoms with van der Waals surface area (Å²) < 4.78 is 5.38. The number of hydrogen-bond acceptors (Lipinski definition) is 5. The van der Waals surface area contributed by atoms with E-state index in [0.29, 0.717) is 0 Å². The molecule has 0 aromatic heterocycles. The SMILES string of the molecule is Cc1ccc(S[C@@H]2O[C@H](CO)[C@H](O)C2O)cc1. The molecule has 0 saturated carbocycles. The Morgan fingerprint density at radius 3 is 2.35 bits per heavy atom. The third-order valence-electron chi connectivity index (χ3n) is 2.77. The van der Waals surface area contributed by atoms with Crippen LogP contribution in [0.5, 0.6) is 0 Å². The van der Waals surface area contributed by atoms with Gasteiger partial charge >= 0.3 is 0 Å². The number of aryl methyl sites for hydroxylation is 1. The van der Waals surface area contributed by atoms with Crippen molar-refractivity contribution in [2.45, 2.75) is 35.6 Å². The Bertz CT molecular complexity index is 367. The Hall–Kier alpha value is -0.590. The highest BCUT2D eigenvalue weighted by Crippen LogP contribution is 2.34. The van der Waals surface area contributed by atoms with Crippen LogP contribution in [0.3, 0.4) is 0 Å². The van der Waals surface area contributed by atoms with Gasteiger partial charge < -0.3 is 20.1 Å². The molecular formula is C12H16O4S. The summed E-state index contributed by atoms with van der Waals surface area (Å²) in [5.74, 6) is 0. The molecule has 1 unspecified atom stereocenters. The lowest BCUT2D eigenvalue weighted by Gasteiger charge is -2.13. The molecule has 1 heterocycles. The van der Waals surface area contributed by atoms with E-state index in [0.717, 1.165) is 10.5 Å². The van der Waals surface area contributed by atoms with Gasteiger partial charge in [0.2, 0.25) is 0 Å². The largest absolute Gasteiger partial charge is 0.394 e. The highest BCUT2D eigenvalue weighted by atomic mass is 32.2. The molecular weight excluding hydrogens is 240 g/mol. The van der Waals surface area contributed by atoms with Crippen molar-refractivity contribution in [2.75, 3.05) is 6.61 Å². The Morgan fingerprint density at radius 2 is 1.82 bits per heavy atom. The molecule has 1 fully saturated rings. The van der Waals surface area contributed by atoms with Gasteiger partial charge in [-0.25, -0.2) is 0 Å². The van der Waals surface area contributed by atoms with Crippen molar-refractivity contribution in [3.05, 3.63) is 29.8 Å². The van der Waals surface area contributed by atoms with E-state index < -0.39 is 23.7 Å². The molecule has 17 heavy (non-hydrogen) atoms. The van der Waals surface area contributed by atoms with Crippen molar-refractivity contribution in [3.63, 3.8) is 0 Å². The average Bonchev–Trinajstić information content (AvgIpc) is 2.60. The monoisotopic (exact) mass is 256 g/mol. The molecule has 5 heteroatoms. The Kier molecular flexibility index (Phi) is 4.06. The van der Waals surface area contributed by atoms with Gasteiger partial charge in [-0.1, -0.05) is 29.5 Å². The van der Waals surface area contributed by atoms with Gasteiger partial charge in [0.25, 0.3) is 0 Å². The molecule has 0 bridgehead atoms. The van der Waals surface area contributed by atoms with Crippen molar-refractivity contribution >= 4 is 11.8 Å². The standard InChI is InChI=1S/C12H16O4S/c1-7-2-4-8(5-3-7)17-12-11(15)10(14)9(6-13)16-12/h2-5,9-15H,6H2,1H3/t9-,10+,11?,12+/m1/s1. The second-order valence-corrected chi connectivity index (χ2v) is 5.31. The molecule has 4 atom stereocenters. The molecule has 0 aliphatic carbocycles. The molecule has 0 radical (unpaired) electrons. The summed E-state index contributed by atoms with van der Waals surface area (Å²) in [5.41, 5.74) is 0.625. The molecule has 4 nitrogen and oxygen atoms in total. The quantitative estimate of drug-likeness (QED) is 0.736. The fourth-order valence-electron chi connectivity index (χ4n) is 1.71. The maximum Gasteiger partial charge on any atom is 0.136 e. The lowest BCUT2D eigenvalue weighted by Crippen LogP contribution is -2.33. The highest BCUT2D eigenvalue weighted by Gasteiger charge is 2.42. The van der Waals surface area contributed by atoms with E-state index >= 15 is 0 Å². The molecule has 0 amide bonds. The molecule has 1 aliphatic heterocycles. The van der Waals surface area contributed by atoms with Gasteiger partial charge in [-0.2, -0.15) is 0 Å². The van der Waals surface area contributed by atoms with E-state index in [-0.39, 0.29) is 6.61 Å². The van der Waals surface area contributed by atoms with Crippen LogP contribution in [-0.2, 0) is 4.74 Å². The average molecular weight is 256 g/mol. The Morgan fingerprint density at radius 1 is 1.18 bits per heavy atom. The molecule has 1 aliphatic rings. The topological polar surface area (TPSA) is 69.9 Å². The van der Waals surface area contributed by atoms with Gasteiger partial charge in [-0.15, -0.1) is 0 Å². The molecule has 1 aromatic carbocycles. The van der Waals surface area contributed by atoms with Crippen molar-refractivity contribution in [1.29, 1.82) is 0 Å². The predicted molar refractivity (Wildman–Crippen MR) is 64.8 cm³/mol. The van der Waals surface area contributed by atoms with Crippen LogP contribution in [0, 0.1) is 6.92 Å². The van der Waals surface area contributed by atoms with E-state index in [2.05, 4.69) is 0 Å². The lowest BCUT2D eigenvalue weighted by molar-refractivity contribution is -0.00808. The first kappa shape index (κ1) is 12.9. The fourth-order valence-corrected chi connectivity index (χ4v) is 2.77. The maximum absolute atomic E-state index is 9.77. The van der Waals surface area contributed by atoms with Crippen LogP contribution in [0.2, 0.25) is 0 Å². The van der Waals surface area contributed by atoms with Crippen molar-refractivity contribution in [1.82, 2.24) is 0 Å². The summed E-state index contributed by atoms with van der Waals surface area (Å²) in [6, 6.07) is 7.83. The third-order valence-corrected chi connectivity index (χ3v) is 3.94. The minimum absolute atomic E-state index is 0.289. The molecule has 94 valence electrons. The van der Waals surface area contributed by atoms with E-state index in [1.54, 1.807) is 0 Å². The molecule has 1 saturated heterocycles. The number of benzene rings is 1. The summed E-state index contributed by atoms with van der Waals surface area (Å²) in [7, 11) is 0. The summed E-state index contributed by atoms with van der Waals surface area (Å²) in [5, 5.41) is 28.3. The van der Waals surface area contributed by atoms with Crippen LogP contribution < -0.4 is 0 Å². The Balaban J connectivity index is 2.02. The van der Waals surface area contributed by atoms with Crippen LogP contribution in [0.4, 0.5) is 0 Å². The first-order valence-corrected chi connectivity index (χ1v) is 6.35. The first-order chi connectivity index (χ1) is 8.11. The summed E-state index contributed by atoms with van der Waals surface area (Å²) >= 11 is 1.35. The summed E-state index contributed by atoms with van der Waals surface area (Å²) in [6.07, 6.45) is -2.70. The minimum Gasteiger partial charge on any atom is -0.394 e. The normalized spacial score (nSPS) is 32.9. The van der Waals surface area contributed by atoms with Gasteiger partial charge in [-0.3, -0.25) is 0 Å². The number of ether oxygens (including phenoxy) is 1. The Labute approximate surface area is 104 Å². The highest BCUT2D eigenvalue weighted by molar-refractivity contribution is 7.99. The fraction of sp³-hybridized carbons (Fsp3) is 0.500. The number of hydrogen-bond donors (Lipinski definition) is 3. The van der Waals surface area contributed by atoms with E-state index in [9.17, 15) is 10.2 Å². The van der Waals surface area contributed by atoms with Gasteiger partial charge in [0.1, 0.15) is 23.7 Å². The predicted octanol–water partition coefficient (Wildman–Crippen LogP) is 0.526. The molecule has 3 N–H and O–H groups in total. The van der Waals surface area contributed by atoms with Gasteiger partial charge in [0.15, 0.2) is 0 Å². The van der Waals surface area contributed by atoms with Gasteiger partial charge in [-0.05, 0) is 19.1 Å². The van der Waals surface area contributed by atoms with Crippen LogP contribution in [-0.4, -0.2) is 45.7 Å². The zero-order valence-corrected chi connectivity index (χ0v) is 10.3. The smallest absolute Gasteiger partial charge is 0.136 e. The number of thioether (sulfide) groups is 1.